The Balaban J connectivity index is 1.82. The maximum Gasteiger partial charge on any atom is 0.252 e. The van der Waals surface area contributed by atoms with Crippen LogP contribution in [0.5, 0.6) is 11.5 Å². The number of aromatic amines is 1. The molecule has 0 aliphatic carbocycles. The number of nitrogens with one attached hydrogen (secondary N) is 1. The Morgan fingerprint density at radius 3 is 2.77 bits per heavy atom. The third-order valence-electron chi connectivity index (χ3n) is 5.58. The van der Waals surface area contributed by atoms with Gasteiger partial charge >= 0.3 is 0 Å². The molecule has 0 radical (unpaired) electrons. The molecule has 1 aliphatic heterocycles. The minimum absolute atomic E-state index is 0.0119. The number of pyridine rings is 1. The van der Waals surface area contributed by atoms with Crippen molar-refractivity contribution in [2.45, 2.75) is 12.8 Å². The molecular weight excluding hydrogens is 390 g/mol. The molecule has 4 aromatic rings. The van der Waals surface area contributed by atoms with Crippen LogP contribution in [-0.2, 0) is 0 Å². The first kappa shape index (κ1) is 18.8. The van der Waals surface area contributed by atoms with Gasteiger partial charge in [-0.3, -0.25) is 4.79 Å². The summed E-state index contributed by atoms with van der Waals surface area (Å²) < 4.78 is 11.4. The fraction of sp³-hybridized carbons (Fsp3) is 0.120. The molecule has 1 aromatic heterocycles. The van der Waals surface area contributed by atoms with E-state index >= 15 is 0 Å². The smallest absolute Gasteiger partial charge is 0.252 e. The van der Waals surface area contributed by atoms with Gasteiger partial charge in [-0.05, 0) is 48.0 Å². The van der Waals surface area contributed by atoms with Crippen LogP contribution in [0.2, 0.25) is 0 Å². The molecular formula is C25H19N3O3. The zero-order valence-corrected chi connectivity index (χ0v) is 16.8. The van der Waals surface area contributed by atoms with E-state index in [2.05, 4.69) is 11.1 Å². The third kappa shape index (κ3) is 2.99. The lowest BCUT2D eigenvalue weighted by molar-refractivity contribution is 0.340. The lowest BCUT2D eigenvalue weighted by Gasteiger charge is -2.27. The number of nitrogens with two attached hydrogens (primary N) is 1. The average molecular weight is 409 g/mol. The molecule has 5 rings (SSSR count). The molecule has 0 saturated carbocycles. The summed E-state index contributed by atoms with van der Waals surface area (Å²) in [5.41, 5.74) is 7.93. The van der Waals surface area contributed by atoms with E-state index in [9.17, 15) is 10.1 Å². The lowest BCUT2D eigenvalue weighted by Crippen LogP contribution is -2.25. The first-order valence-corrected chi connectivity index (χ1v) is 9.99. The van der Waals surface area contributed by atoms with E-state index in [4.69, 9.17) is 15.2 Å². The summed E-state index contributed by atoms with van der Waals surface area (Å²) in [5.74, 6) is 0.616. The Bertz CT molecular complexity index is 1480. The second-order valence-electron chi connectivity index (χ2n) is 7.36. The number of nitrogens with zero attached hydrogens (tertiary/aromatic N) is 1. The number of hydrogen-bond donors (Lipinski definition) is 2. The number of allylic oxidation sites excluding steroid dienone is 1. The predicted molar refractivity (Wildman–Crippen MR) is 119 cm³/mol. The number of benzene rings is 3. The molecule has 152 valence electrons. The summed E-state index contributed by atoms with van der Waals surface area (Å²) in [4.78, 5) is 16.1. The van der Waals surface area contributed by atoms with Gasteiger partial charge in [0, 0.05) is 22.0 Å². The van der Waals surface area contributed by atoms with Crippen LogP contribution >= 0.6 is 0 Å². The molecule has 3 aromatic carbocycles. The lowest BCUT2D eigenvalue weighted by atomic mass is 9.81. The monoisotopic (exact) mass is 409 g/mol. The van der Waals surface area contributed by atoms with Gasteiger partial charge in [-0.2, -0.15) is 5.26 Å². The van der Waals surface area contributed by atoms with Gasteiger partial charge in [-0.15, -0.1) is 0 Å². The maximum absolute atomic E-state index is 13.2. The Morgan fingerprint density at radius 2 is 1.97 bits per heavy atom. The molecule has 2 heterocycles. The third-order valence-corrected chi connectivity index (χ3v) is 5.58. The normalized spacial score (nSPS) is 15.4. The molecule has 1 atom stereocenters. The summed E-state index contributed by atoms with van der Waals surface area (Å²) >= 11 is 0. The van der Waals surface area contributed by atoms with E-state index in [0.717, 1.165) is 21.7 Å². The van der Waals surface area contributed by atoms with Crippen LogP contribution in [0, 0.1) is 11.3 Å². The van der Waals surface area contributed by atoms with E-state index in [0.29, 0.717) is 29.2 Å². The van der Waals surface area contributed by atoms with Gasteiger partial charge in [0.05, 0.1) is 12.5 Å². The highest BCUT2D eigenvalue weighted by Crippen LogP contribution is 2.45. The highest BCUT2D eigenvalue weighted by molar-refractivity contribution is 5.90. The van der Waals surface area contributed by atoms with E-state index in [1.807, 2.05) is 67.6 Å². The van der Waals surface area contributed by atoms with Crippen LogP contribution in [0.1, 0.15) is 24.0 Å². The molecule has 0 unspecified atom stereocenters. The summed E-state index contributed by atoms with van der Waals surface area (Å²) in [6.45, 7) is 2.46. The number of fused-ring (bicyclic) bond motifs is 4. The molecule has 1 aliphatic rings. The van der Waals surface area contributed by atoms with Crippen LogP contribution in [-0.4, -0.2) is 11.6 Å². The standard InChI is InChI=1S/C25H19N3O3/c1-2-30-16-8-9-20-15(11-16)12-18(25(29)28-20)22-19(13-26)24(27)31-21-10-7-14-5-3-4-6-17(14)23(21)22/h3-12,22H,2,27H2,1H3,(H,28,29)/t22-/m1/s1. The zero-order chi connectivity index (χ0) is 21.5. The molecule has 31 heavy (non-hydrogen) atoms. The van der Waals surface area contributed by atoms with Crippen molar-refractivity contribution in [3.63, 3.8) is 0 Å². The zero-order valence-electron chi connectivity index (χ0n) is 16.8. The highest BCUT2D eigenvalue weighted by Gasteiger charge is 2.34. The minimum atomic E-state index is -0.649. The topological polar surface area (TPSA) is 101 Å². The highest BCUT2D eigenvalue weighted by atomic mass is 16.5. The first-order chi connectivity index (χ1) is 15.1. The van der Waals surface area contributed by atoms with Crippen LogP contribution in [0.25, 0.3) is 21.7 Å². The van der Waals surface area contributed by atoms with Crippen molar-refractivity contribution in [2.24, 2.45) is 5.73 Å². The molecule has 3 N–H and O–H groups in total. The van der Waals surface area contributed by atoms with Gasteiger partial charge in [0.1, 0.15) is 23.1 Å². The van der Waals surface area contributed by atoms with Crippen molar-refractivity contribution < 1.29 is 9.47 Å². The summed E-state index contributed by atoms with van der Waals surface area (Å²) in [6.07, 6.45) is 0. The molecule has 0 saturated heterocycles. The number of aromatic nitrogens is 1. The molecule has 6 heteroatoms. The van der Waals surface area contributed by atoms with Crippen LogP contribution in [0.3, 0.4) is 0 Å². The Labute approximate surface area is 178 Å². The van der Waals surface area contributed by atoms with Gasteiger partial charge in [0.2, 0.25) is 5.88 Å². The van der Waals surface area contributed by atoms with Gasteiger partial charge in [0.15, 0.2) is 0 Å². The van der Waals surface area contributed by atoms with Crippen molar-refractivity contribution in [3.05, 3.63) is 93.6 Å². The van der Waals surface area contributed by atoms with Gasteiger partial charge in [-0.1, -0.05) is 30.3 Å². The van der Waals surface area contributed by atoms with E-state index in [1.165, 1.54) is 0 Å². The average Bonchev–Trinajstić information content (AvgIpc) is 2.78. The van der Waals surface area contributed by atoms with Crippen molar-refractivity contribution in [2.75, 3.05) is 6.61 Å². The quantitative estimate of drug-likeness (QED) is 0.525. The molecule has 0 fully saturated rings. The summed E-state index contributed by atoms with van der Waals surface area (Å²) in [5, 5.41) is 12.6. The Kier molecular flexibility index (Phi) is 4.37. The van der Waals surface area contributed by atoms with Crippen LogP contribution < -0.4 is 20.8 Å². The Morgan fingerprint density at radius 1 is 1.13 bits per heavy atom. The minimum Gasteiger partial charge on any atom is -0.494 e. The van der Waals surface area contributed by atoms with Crippen molar-refractivity contribution in [1.82, 2.24) is 4.98 Å². The Hall–Kier alpha value is -4.24. The predicted octanol–water partition coefficient (Wildman–Crippen LogP) is 4.30. The molecule has 0 amide bonds. The van der Waals surface area contributed by atoms with Crippen molar-refractivity contribution in [3.8, 4) is 17.6 Å². The fourth-order valence-electron chi connectivity index (χ4n) is 4.23. The second kappa shape index (κ2) is 7.22. The fourth-order valence-corrected chi connectivity index (χ4v) is 4.23. The van der Waals surface area contributed by atoms with Crippen molar-refractivity contribution >= 4 is 21.7 Å². The first-order valence-electron chi connectivity index (χ1n) is 9.99. The van der Waals surface area contributed by atoms with Crippen molar-refractivity contribution in [1.29, 1.82) is 5.26 Å². The largest absolute Gasteiger partial charge is 0.494 e. The SMILES string of the molecule is CCOc1ccc2[nH]c(=O)c([C@@H]3C(C#N)=C(N)Oc4ccc5ccccc5c43)cc2c1. The molecule has 0 spiro atoms. The maximum atomic E-state index is 13.2. The van der Waals surface area contributed by atoms with Gasteiger partial charge in [-0.25, -0.2) is 0 Å². The van der Waals surface area contributed by atoms with E-state index < -0.39 is 5.92 Å². The number of nitriles is 1. The number of hydrogen-bond acceptors (Lipinski definition) is 5. The number of H-pyrrole nitrogens is 1. The van der Waals surface area contributed by atoms with Gasteiger partial charge < -0.3 is 20.2 Å². The molecule has 6 nitrogen and oxygen atoms in total. The number of ether oxygens (including phenoxy) is 2. The number of rotatable bonds is 3. The van der Waals surface area contributed by atoms with E-state index in [1.54, 1.807) is 0 Å². The van der Waals surface area contributed by atoms with Gasteiger partial charge in [0.25, 0.3) is 5.56 Å². The second-order valence-corrected chi connectivity index (χ2v) is 7.36. The molecule has 0 bridgehead atoms. The summed E-state index contributed by atoms with van der Waals surface area (Å²) in [6, 6.07) is 21.1. The van der Waals surface area contributed by atoms with E-state index in [-0.39, 0.29) is 17.0 Å². The van der Waals surface area contributed by atoms with Crippen LogP contribution in [0.15, 0.2) is 76.9 Å². The summed E-state index contributed by atoms with van der Waals surface area (Å²) in [7, 11) is 0. The van der Waals surface area contributed by atoms with Crippen LogP contribution in [0.4, 0.5) is 0 Å².